The molecule has 2 aromatic heterocycles. The van der Waals surface area contributed by atoms with E-state index in [1.165, 1.54) is 0 Å². The number of hydrogen-bond acceptors (Lipinski definition) is 4. The maximum absolute atomic E-state index is 5.74. The molecule has 0 bridgehead atoms. The molecule has 0 spiro atoms. The second kappa shape index (κ2) is 5.35. The van der Waals surface area contributed by atoms with Crippen molar-refractivity contribution in [2.45, 2.75) is 39.2 Å². The molecule has 98 valence electrons. The average molecular weight is 247 g/mol. The van der Waals surface area contributed by atoms with Crippen molar-refractivity contribution in [3.63, 3.8) is 0 Å². The van der Waals surface area contributed by atoms with E-state index >= 15 is 0 Å². The summed E-state index contributed by atoms with van der Waals surface area (Å²) in [6.07, 6.45) is 4.56. The van der Waals surface area contributed by atoms with Crippen LogP contribution in [0.1, 0.15) is 38.8 Å². The zero-order valence-electron chi connectivity index (χ0n) is 11.2. The van der Waals surface area contributed by atoms with Crippen molar-refractivity contribution >= 4 is 11.3 Å². The van der Waals surface area contributed by atoms with E-state index in [0.717, 1.165) is 30.0 Å². The van der Waals surface area contributed by atoms with Gasteiger partial charge in [-0.15, -0.1) is 0 Å². The van der Waals surface area contributed by atoms with Crippen LogP contribution in [0.5, 0.6) is 0 Å². The van der Waals surface area contributed by atoms with E-state index in [1.54, 1.807) is 6.20 Å². The first-order valence-electron chi connectivity index (χ1n) is 6.41. The Bertz CT molecular complexity index is 515. The Labute approximate surface area is 107 Å². The van der Waals surface area contributed by atoms with Gasteiger partial charge in [0.05, 0.1) is 5.69 Å². The molecule has 0 amide bonds. The third-order valence-corrected chi connectivity index (χ3v) is 2.89. The smallest absolute Gasteiger partial charge is 0.152 e. The summed E-state index contributed by atoms with van der Waals surface area (Å²) < 4.78 is 1.87. The van der Waals surface area contributed by atoms with Crippen molar-refractivity contribution in [1.29, 1.82) is 0 Å². The molecule has 0 fully saturated rings. The average Bonchev–Trinajstić information content (AvgIpc) is 2.73. The van der Waals surface area contributed by atoms with Crippen LogP contribution in [0.15, 0.2) is 18.5 Å². The zero-order chi connectivity index (χ0) is 13.1. The second-order valence-electron chi connectivity index (χ2n) is 5.02. The predicted octanol–water partition coefficient (Wildman–Crippen LogP) is 2.00. The summed E-state index contributed by atoms with van der Waals surface area (Å²) >= 11 is 0. The maximum atomic E-state index is 5.74. The lowest BCUT2D eigenvalue weighted by Crippen LogP contribution is -2.19. The summed E-state index contributed by atoms with van der Waals surface area (Å²) in [6, 6.07) is 2.29. The summed E-state index contributed by atoms with van der Waals surface area (Å²) in [5.41, 5.74) is 7.84. The summed E-state index contributed by atoms with van der Waals surface area (Å²) in [6.45, 7) is 7.11. The van der Waals surface area contributed by atoms with Gasteiger partial charge in [0.1, 0.15) is 5.52 Å². The molecule has 2 aromatic rings. The summed E-state index contributed by atoms with van der Waals surface area (Å²) in [5, 5.41) is 7.85. The van der Waals surface area contributed by atoms with Gasteiger partial charge in [0.2, 0.25) is 0 Å². The van der Waals surface area contributed by atoms with Crippen molar-refractivity contribution in [1.82, 2.24) is 14.6 Å². The quantitative estimate of drug-likeness (QED) is 0.848. The molecule has 0 aliphatic rings. The Morgan fingerprint density at radius 1 is 1.39 bits per heavy atom. The fraction of sp³-hybridized carbons (Fsp3) is 0.538. The molecule has 0 radical (unpaired) electrons. The van der Waals surface area contributed by atoms with Crippen LogP contribution in [0, 0.1) is 0 Å². The molecule has 2 rings (SSSR count). The molecule has 0 aliphatic carbocycles. The highest BCUT2D eigenvalue weighted by atomic mass is 15.2. The first-order valence-corrected chi connectivity index (χ1v) is 6.41. The largest absolute Gasteiger partial charge is 0.368 e. The zero-order valence-corrected chi connectivity index (χ0v) is 11.2. The monoisotopic (exact) mass is 247 g/mol. The van der Waals surface area contributed by atoms with E-state index in [0.29, 0.717) is 5.92 Å². The molecule has 2 heterocycles. The van der Waals surface area contributed by atoms with E-state index in [9.17, 15) is 0 Å². The number of nitrogens with two attached hydrogens (primary N) is 1. The van der Waals surface area contributed by atoms with Crippen LogP contribution < -0.4 is 11.1 Å². The number of hydrogen-bond donors (Lipinski definition) is 2. The van der Waals surface area contributed by atoms with Gasteiger partial charge in [0, 0.05) is 25.0 Å². The number of aromatic nitrogens is 3. The Hall–Kier alpha value is -1.62. The van der Waals surface area contributed by atoms with Crippen molar-refractivity contribution < 1.29 is 0 Å². The Kier molecular flexibility index (Phi) is 3.81. The van der Waals surface area contributed by atoms with Gasteiger partial charge in [-0.3, -0.25) is 0 Å². The molecule has 1 unspecified atom stereocenters. The summed E-state index contributed by atoms with van der Waals surface area (Å²) in [4.78, 5) is 4.36. The molecule has 3 N–H and O–H groups in total. The highest BCUT2D eigenvalue weighted by molar-refractivity contribution is 5.67. The van der Waals surface area contributed by atoms with Crippen LogP contribution in [0.4, 0.5) is 5.82 Å². The molecule has 0 aromatic carbocycles. The lowest BCUT2D eigenvalue weighted by molar-refractivity contribution is 0.689. The molecule has 5 nitrogen and oxygen atoms in total. The number of anilines is 1. The third kappa shape index (κ3) is 2.79. The second-order valence-corrected chi connectivity index (χ2v) is 5.02. The molecule has 0 saturated carbocycles. The van der Waals surface area contributed by atoms with E-state index in [4.69, 9.17) is 5.73 Å². The van der Waals surface area contributed by atoms with Gasteiger partial charge in [-0.1, -0.05) is 13.8 Å². The van der Waals surface area contributed by atoms with Crippen molar-refractivity contribution in [2.75, 3.05) is 11.9 Å². The minimum atomic E-state index is 0.202. The molecule has 0 saturated heterocycles. The number of fused-ring (bicyclic) bond motifs is 1. The highest BCUT2D eigenvalue weighted by Crippen LogP contribution is 2.19. The molecule has 0 aliphatic heterocycles. The minimum Gasteiger partial charge on any atom is -0.368 e. The Morgan fingerprint density at radius 3 is 2.83 bits per heavy atom. The highest BCUT2D eigenvalue weighted by Gasteiger charge is 2.09. The van der Waals surface area contributed by atoms with Crippen LogP contribution in [-0.4, -0.2) is 27.2 Å². The summed E-state index contributed by atoms with van der Waals surface area (Å²) in [5.74, 6) is 1.29. The van der Waals surface area contributed by atoms with E-state index in [2.05, 4.69) is 35.3 Å². The molecule has 5 heteroatoms. The predicted molar refractivity (Wildman–Crippen MR) is 73.8 cm³/mol. The molecular formula is C13H21N5. The first kappa shape index (κ1) is 12.8. The van der Waals surface area contributed by atoms with Crippen LogP contribution in [0.25, 0.3) is 5.52 Å². The summed E-state index contributed by atoms with van der Waals surface area (Å²) in [7, 11) is 0. The molecular weight excluding hydrogens is 226 g/mol. The maximum Gasteiger partial charge on any atom is 0.152 e. The van der Waals surface area contributed by atoms with Crippen LogP contribution in [-0.2, 0) is 0 Å². The van der Waals surface area contributed by atoms with E-state index in [1.807, 2.05) is 17.6 Å². The van der Waals surface area contributed by atoms with Gasteiger partial charge in [-0.05, 0) is 25.3 Å². The third-order valence-electron chi connectivity index (χ3n) is 2.89. The number of rotatable bonds is 5. The molecule has 18 heavy (non-hydrogen) atoms. The lowest BCUT2D eigenvalue weighted by atomic mass is 10.1. The Morgan fingerprint density at radius 2 is 2.17 bits per heavy atom. The van der Waals surface area contributed by atoms with E-state index < -0.39 is 0 Å². The van der Waals surface area contributed by atoms with Gasteiger partial charge in [0.15, 0.2) is 5.82 Å². The van der Waals surface area contributed by atoms with Crippen LogP contribution in [0.3, 0.4) is 0 Å². The van der Waals surface area contributed by atoms with Gasteiger partial charge in [-0.25, -0.2) is 9.50 Å². The van der Waals surface area contributed by atoms with Gasteiger partial charge in [0.25, 0.3) is 0 Å². The molecule has 1 atom stereocenters. The van der Waals surface area contributed by atoms with Gasteiger partial charge in [-0.2, -0.15) is 5.10 Å². The van der Waals surface area contributed by atoms with Crippen molar-refractivity contribution in [2.24, 2.45) is 5.73 Å². The van der Waals surface area contributed by atoms with Crippen molar-refractivity contribution in [3.8, 4) is 0 Å². The lowest BCUT2D eigenvalue weighted by Gasteiger charge is -2.08. The van der Waals surface area contributed by atoms with Crippen molar-refractivity contribution in [3.05, 3.63) is 24.2 Å². The standard InChI is InChI=1S/C13H21N5/c1-9(2)11-8-12-13(15-5-4-10(3)14)16-6-7-18(12)17-11/h6-10H,4-5,14H2,1-3H3,(H,15,16). The Balaban J connectivity index is 2.22. The number of nitrogens with one attached hydrogen (secondary N) is 1. The SMILES string of the molecule is CC(N)CCNc1nccn2nc(C(C)C)cc12. The topological polar surface area (TPSA) is 68.2 Å². The first-order chi connectivity index (χ1) is 8.58. The fourth-order valence-corrected chi connectivity index (χ4v) is 1.78. The fourth-order valence-electron chi connectivity index (χ4n) is 1.78. The van der Waals surface area contributed by atoms with Gasteiger partial charge < -0.3 is 11.1 Å². The minimum absolute atomic E-state index is 0.202. The normalized spacial score (nSPS) is 13.2. The number of nitrogens with zero attached hydrogens (tertiary/aromatic N) is 3. The van der Waals surface area contributed by atoms with E-state index in [-0.39, 0.29) is 6.04 Å². The van der Waals surface area contributed by atoms with Crippen LogP contribution in [0.2, 0.25) is 0 Å². The van der Waals surface area contributed by atoms with Crippen LogP contribution >= 0.6 is 0 Å². The van der Waals surface area contributed by atoms with Gasteiger partial charge >= 0.3 is 0 Å².